The molecule has 1 aromatic rings. The average Bonchev–Trinajstić information content (AvgIpc) is 2.84. The number of rotatable bonds is 2. The van der Waals surface area contributed by atoms with Crippen LogP contribution in [0.25, 0.3) is 0 Å². The van der Waals surface area contributed by atoms with Gasteiger partial charge in [0.2, 0.25) is 0 Å². The number of hydrogen-bond donors (Lipinski definition) is 2. The summed E-state index contributed by atoms with van der Waals surface area (Å²) in [6, 6.07) is 9.99. The molecule has 3 N–H and O–H groups in total. The topological polar surface area (TPSA) is 53.6 Å². The van der Waals surface area contributed by atoms with E-state index >= 15 is 0 Å². The number of likely N-dealkylation sites (N-methyl/N-ethyl adjacent to an activating group) is 1. The Morgan fingerprint density at radius 3 is 2.72 bits per heavy atom. The second-order valence-corrected chi connectivity index (χ2v) is 5.30. The fourth-order valence-electron chi connectivity index (χ4n) is 2.18. The van der Waals surface area contributed by atoms with Crippen molar-refractivity contribution in [2.45, 2.75) is 6.29 Å². The van der Waals surface area contributed by atoms with E-state index in [9.17, 15) is 0 Å². The first-order chi connectivity index (χ1) is 8.65. The predicted molar refractivity (Wildman–Crippen MR) is 75.2 cm³/mol. The van der Waals surface area contributed by atoms with Crippen LogP contribution in [0.3, 0.4) is 0 Å². The van der Waals surface area contributed by atoms with Crippen molar-refractivity contribution < 1.29 is 4.59 Å². The van der Waals surface area contributed by atoms with Crippen LogP contribution in [0.4, 0.5) is 5.69 Å². The number of thioether (sulfide) groups is 1. The standard InChI is InChI=1S/C12H16N5S/c1-17-10(8-11(15-17)18-2)14-16(12(17)13)9-6-4-3-5-7-9/h3-8,12,15H,13H2,1-2H3/q+1. The lowest BCUT2D eigenvalue weighted by Gasteiger charge is -2.31. The molecule has 5 nitrogen and oxygen atoms in total. The van der Waals surface area contributed by atoms with Crippen molar-refractivity contribution in [2.75, 3.05) is 18.3 Å². The maximum Gasteiger partial charge on any atom is 0.275 e. The van der Waals surface area contributed by atoms with Gasteiger partial charge >= 0.3 is 0 Å². The fourth-order valence-corrected chi connectivity index (χ4v) is 2.68. The molecular formula is C12H16N5S+. The number of nitrogens with two attached hydrogens (primary N) is 1. The van der Waals surface area contributed by atoms with Crippen molar-refractivity contribution in [3.8, 4) is 0 Å². The smallest absolute Gasteiger partial charge is 0.259 e. The highest BCUT2D eigenvalue weighted by Gasteiger charge is 2.50. The molecule has 3 rings (SSSR count). The molecule has 0 radical (unpaired) electrons. The van der Waals surface area contributed by atoms with Gasteiger partial charge < -0.3 is 0 Å². The van der Waals surface area contributed by atoms with Gasteiger partial charge in [-0.25, -0.2) is 5.43 Å². The Morgan fingerprint density at radius 1 is 1.39 bits per heavy atom. The molecule has 2 aliphatic heterocycles. The lowest BCUT2D eigenvalue weighted by Crippen LogP contribution is -2.64. The van der Waals surface area contributed by atoms with E-state index < -0.39 is 0 Å². The van der Waals surface area contributed by atoms with E-state index in [2.05, 4.69) is 10.5 Å². The number of benzene rings is 1. The van der Waals surface area contributed by atoms with Crippen LogP contribution in [0.2, 0.25) is 0 Å². The van der Waals surface area contributed by atoms with Gasteiger partial charge in [0.25, 0.3) is 12.1 Å². The van der Waals surface area contributed by atoms with Crippen molar-refractivity contribution in [1.82, 2.24) is 5.43 Å². The number of anilines is 1. The van der Waals surface area contributed by atoms with Gasteiger partial charge in [0.1, 0.15) is 12.1 Å². The van der Waals surface area contributed by atoms with Crippen LogP contribution in [-0.2, 0) is 0 Å². The summed E-state index contributed by atoms with van der Waals surface area (Å²) in [7, 11) is 2.03. The number of hydrogen-bond acceptors (Lipinski definition) is 5. The number of fused-ring (bicyclic) bond motifs is 1. The molecule has 2 unspecified atom stereocenters. The maximum absolute atomic E-state index is 6.33. The molecule has 94 valence electrons. The molecule has 6 heteroatoms. The van der Waals surface area contributed by atoms with E-state index in [4.69, 9.17) is 5.73 Å². The number of nitrogens with one attached hydrogen (secondary N) is 1. The lowest BCUT2D eigenvalue weighted by atomic mass is 10.3. The first-order valence-corrected chi connectivity index (χ1v) is 6.97. The molecule has 1 aromatic carbocycles. The first kappa shape index (κ1) is 11.6. The zero-order chi connectivity index (χ0) is 12.8. The molecule has 0 spiro atoms. The second kappa shape index (κ2) is 4.01. The van der Waals surface area contributed by atoms with Crippen molar-refractivity contribution in [3.05, 3.63) is 41.4 Å². The minimum absolute atomic E-state index is 0.261. The van der Waals surface area contributed by atoms with E-state index in [1.165, 1.54) is 0 Å². The van der Waals surface area contributed by atoms with Gasteiger partial charge in [-0.15, -0.1) is 21.5 Å². The first-order valence-electron chi connectivity index (χ1n) is 5.74. The second-order valence-electron chi connectivity index (χ2n) is 4.45. The number of para-hydroxylation sites is 1. The van der Waals surface area contributed by atoms with Crippen LogP contribution < -0.4 is 16.2 Å². The quantitative estimate of drug-likeness (QED) is 0.787. The summed E-state index contributed by atoms with van der Waals surface area (Å²) >= 11 is 1.67. The van der Waals surface area contributed by atoms with E-state index in [0.717, 1.165) is 16.6 Å². The van der Waals surface area contributed by atoms with Crippen LogP contribution in [0.1, 0.15) is 0 Å². The summed E-state index contributed by atoms with van der Waals surface area (Å²) in [5, 5.41) is 7.57. The molecule has 0 aliphatic carbocycles. The van der Waals surface area contributed by atoms with Crippen LogP contribution >= 0.6 is 11.8 Å². The monoisotopic (exact) mass is 262 g/mol. The van der Waals surface area contributed by atoms with Crippen LogP contribution in [0.15, 0.2) is 46.5 Å². The Labute approximate surface area is 110 Å². The van der Waals surface area contributed by atoms with Gasteiger partial charge in [-0.1, -0.05) is 18.2 Å². The van der Waals surface area contributed by atoms with Crippen LogP contribution in [0, 0.1) is 0 Å². The Hall–Kier alpha value is -1.50. The summed E-state index contributed by atoms with van der Waals surface area (Å²) in [5.41, 5.74) is 10.7. The Morgan fingerprint density at radius 2 is 2.11 bits per heavy atom. The molecule has 2 aliphatic rings. The minimum atomic E-state index is -0.261. The molecule has 0 saturated carbocycles. The highest BCUT2D eigenvalue weighted by molar-refractivity contribution is 8.02. The van der Waals surface area contributed by atoms with Gasteiger partial charge in [-0.2, -0.15) is 5.01 Å². The maximum atomic E-state index is 6.33. The van der Waals surface area contributed by atoms with Crippen LogP contribution in [-0.4, -0.2) is 30.0 Å². The van der Waals surface area contributed by atoms with E-state index in [-0.39, 0.29) is 6.29 Å². The number of amidine groups is 1. The summed E-state index contributed by atoms with van der Waals surface area (Å²) < 4.78 is 0.422. The van der Waals surface area contributed by atoms with E-state index in [0.29, 0.717) is 4.59 Å². The van der Waals surface area contributed by atoms with Crippen LogP contribution in [0.5, 0.6) is 0 Å². The number of hydrazone groups is 1. The normalized spacial score (nSPS) is 29.7. The van der Waals surface area contributed by atoms with Gasteiger partial charge in [-0.05, 0) is 18.4 Å². The molecule has 0 saturated heterocycles. The zero-order valence-electron chi connectivity index (χ0n) is 10.4. The fraction of sp³-hybridized carbons (Fsp3) is 0.250. The highest BCUT2D eigenvalue weighted by atomic mass is 32.2. The van der Waals surface area contributed by atoms with Gasteiger partial charge in [-0.3, -0.25) is 5.73 Å². The minimum Gasteiger partial charge on any atom is -0.259 e. The number of nitrogens with zero attached hydrogens (tertiary/aromatic N) is 3. The van der Waals surface area contributed by atoms with Gasteiger partial charge in [0, 0.05) is 0 Å². The lowest BCUT2D eigenvalue weighted by molar-refractivity contribution is -0.876. The SMILES string of the molecule is CSC1=CC2=NN(c3ccccc3)C(N)[N+]2(C)N1. The Balaban J connectivity index is 1.98. The van der Waals surface area contributed by atoms with Crippen molar-refractivity contribution in [3.63, 3.8) is 0 Å². The van der Waals surface area contributed by atoms with Crippen molar-refractivity contribution in [1.29, 1.82) is 0 Å². The molecule has 0 aromatic heterocycles. The highest BCUT2D eigenvalue weighted by Crippen LogP contribution is 2.31. The summed E-state index contributed by atoms with van der Waals surface area (Å²) in [6.45, 7) is 0. The molecule has 2 heterocycles. The third kappa shape index (κ3) is 1.53. The van der Waals surface area contributed by atoms with Crippen molar-refractivity contribution in [2.24, 2.45) is 10.8 Å². The van der Waals surface area contributed by atoms with Gasteiger partial charge in [0.05, 0.1) is 11.8 Å². The molecular weight excluding hydrogens is 246 g/mol. The number of quaternary nitrogens is 1. The summed E-state index contributed by atoms with van der Waals surface area (Å²) in [4.78, 5) is 0. The zero-order valence-corrected chi connectivity index (χ0v) is 11.2. The molecule has 0 amide bonds. The van der Waals surface area contributed by atoms with E-state index in [1.54, 1.807) is 11.8 Å². The molecule has 18 heavy (non-hydrogen) atoms. The summed E-state index contributed by atoms with van der Waals surface area (Å²) in [5.74, 6) is 0.940. The Kier molecular flexibility index (Phi) is 2.58. The molecule has 0 bridgehead atoms. The molecule has 2 atom stereocenters. The largest absolute Gasteiger partial charge is 0.275 e. The third-order valence-electron chi connectivity index (χ3n) is 3.31. The summed E-state index contributed by atoms with van der Waals surface area (Å²) in [6.07, 6.45) is 3.82. The Bertz CT molecular complexity index is 527. The van der Waals surface area contributed by atoms with Crippen molar-refractivity contribution >= 4 is 23.3 Å². The van der Waals surface area contributed by atoms with E-state index in [1.807, 2.05) is 54.7 Å². The predicted octanol–water partition coefficient (Wildman–Crippen LogP) is 1.23. The average molecular weight is 262 g/mol. The van der Waals surface area contributed by atoms with Gasteiger partial charge in [0.15, 0.2) is 0 Å². The molecule has 0 fully saturated rings. The third-order valence-corrected chi connectivity index (χ3v) is 3.96.